The first-order chi connectivity index (χ1) is 3.31. The van der Waals surface area contributed by atoms with Crippen molar-refractivity contribution in [3.05, 3.63) is 0 Å². The highest BCUT2D eigenvalue weighted by molar-refractivity contribution is 6.26. The number of carbonyl (C=O) groups is 1. The number of carbonyl (C=O) groups excluding carboxylic acids is 1. The molecule has 0 rings (SSSR count). The van der Waals surface area contributed by atoms with Gasteiger partial charge in [-0.3, -0.25) is 9.79 Å². The minimum atomic E-state index is -0.164. The molecule has 0 atom stereocenters. The van der Waals surface area contributed by atoms with Crippen molar-refractivity contribution in [3.63, 3.8) is 0 Å². The number of nitrogens with one attached hydrogen (secondary N) is 1. The number of hydrogen-bond donors (Lipinski definition) is 1. The normalized spacial score (nSPS) is 9.43. The lowest BCUT2D eigenvalue weighted by Crippen LogP contribution is -2.18. The summed E-state index contributed by atoms with van der Waals surface area (Å²) in [6, 6.07) is 0. The van der Waals surface area contributed by atoms with Gasteiger partial charge in [0.05, 0.1) is 6.21 Å². The van der Waals surface area contributed by atoms with Gasteiger partial charge >= 0.3 is 0 Å². The smallest absolute Gasteiger partial charge is 0.261 e. The highest BCUT2D eigenvalue weighted by Crippen LogP contribution is 1.52. The molecule has 0 unspecified atom stereocenters. The van der Waals surface area contributed by atoms with Gasteiger partial charge in [0.15, 0.2) is 0 Å². The van der Waals surface area contributed by atoms with Gasteiger partial charge in [0.2, 0.25) is 0 Å². The molecule has 0 aliphatic rings. The SMILES string of the molecule is C/N=C\C(=O)NC. The molecule has 0 aromatic rings. The van der Waals surface area contributed by atoms with Crippen LogP contribution in [0.5, 0.6) is 0 Å². The molecule has 0 spiro atoms. The van der Waals surface area contributed by atoms with Gasteiger partial charge in [-0.2, -0.15) is 0 Å². The predicted molar refractivity (Wildman–Crippen MR) is 28.5 cm³/mol. The van der Waals surface area contributed by atoms with Crippen LogP contribution in [0.4, 0.5) is 0 Å². The van der Waals surface area contributed by atoms with Crippen molar-refractivity contribution in [1.82, 2.24) is 5.32 Å². The third kappa shape index (κ3) is 2.96. The summed E-state index contributed by atoms with van der Waals surface area (Å²) in [5, 5.41) is 2.38. The van der Waals surface area contributed by atoms with E-state index in [9.17, 15) is 4.79 Å². The van der Waals surface area contributed by atoms with Crippen LogP contribution < -0.4 is 5.32 Å². The average Bonchev–Trinajstić information content (AvgIpc) is 1.68. The average molecular weight is 100 g/mol. The maximum atomic E-state index is 10.2. The first-order valence-corrected chi connectivity index (χ1v) is 1.95. The van der Waals surface area contributed by atoms with Crippen LogP contribution in [0, 0.1) is 0 Å². The highest BCUT2D eigenvalue weighted by Gasteiger charge is 1.82. The lowest BCUT2D eigenvalue weighted by molar-refractivity contribution is -0.113. The van der Waals surface area contributed by atoms with Crippen molar-refractivity contribution in [2.45, 2.75) is 0 Å². The Morgan fingerprint density at radius 2 is 2.43 bits per heavy atom. The van der Waals surface area contributed by atoms with Crippen LogP contribution in [0.3, 0.4) is 0 Å². The molecule has 0 radical (unpaired) electrons. The summed E-state index contributed by atoms with van der Waals surface area (Å²) in [6.45, 7) is 0. The Kier molecular flexibility index (Phi) is 2.92. The van der Waals surface area contributed by atoms with E-state index in [2.05, 4.69) is 10.3 Å². The van der Waals surface area contributed by atoms with E-state index in [4.69, 9.17) is 0 Å². The lowest BCUT2D eigenvalue weighted by Gasteiger charge is -1.83. The lowest BCUT2D eigenvalue weighted by atomic mass is 10.7. The van der Waals surface area contributed by atoms with E-state index in [-0.39, 0.29) is 5.91 Å². The van der Waals surface area contributed by atoms with Crippen LogP contribution in [0.2, 0.25) is 0 Å². The summed E-state index contributed by atoms with van der Waals surface area (Å²) in [4.78, 5) is 13.6. The van der Waals surface area contributed by atoms with E-state index in [1.54, 1.807) is 14.1 Å². The van der Waals surface area contributed by atoms with Crippen molar-refractivity contribution in [3.8, 4) is 0 Å². The predicted octanol–water partition coefficient (Wildman–Crippen LogP) is -0.567. The molecule has 7 heavy (non-hydrogen) atoms. The van der Waals surface area contributed by atoms with Crippen LogP contribution in [-0.4, -0.2) is 26.2 Å². The van der Waals surface area contributed by atoms with Gasteiger partial charge in [-0.1, -0.05) is 0 Å². The molecule has 3 nitrogen and oxygen atoms in total. The molecule has 0 aliphatic carbocycles. The fourth-order valence-electron chi connectivity index (χ4n) is 0.182. The molecule has 3 heteroatoms. The summed E-state index contributed by atoms with van der Waals surface area (Å²) < 4.78 is 0. The molecule has 0 bridgehead atoms. The van der Waals surface area contributed by atoms with E-state index < -0.39 is 0 Å². The van der Waals surface area contributed by atoms with Gasteiger partial charge in [-0.25, -0.2) is 0 Å². The standard InChI is InChI=1S/C4H8N2O/c1-5-3-4(7)6-2/h3H,1-2H3,(H,6,7)/b5-3-. The topological polar surface area (TPSA) is 41.5 Å². The molecular formula is C4H8N2O. The molecule has 0 aromatic heterocycles. The molecule has 0 saturated heterocycles. The zero-order chi connectivity index (χ0) is 5.70. The van der Waals surface area contributed by atoms with E-state index in [0.717, 1.165) is 0 Å². The van der Waals surface area contributed by atoms with Gasteiger partial charge < -0.3 is 5.32 Å². The second-order valence-electron chi connectivity index (χ2n) is 1.00. The zero-order valence-electron chi connectivity index (χ0n) is 4.43. The van der Waals surface area contributed by atoms with Gasteiger partial charge in [0.1, 0.15) is 0 Å². The van der Waals surface area contributed by atoms with Crippen molar-refractivity contribution in [1.29, 1.82) is 0 Å². The number of hydrogen-bond acceptors (Lipinski definition) is 2. The van der Waals surface area contributed by atoms with E-state index in [1.807, 2.05) is 0 Å². The minimum absolute atomic E-state index is 0.164. The summed E-state index contributed by atoms with van der Waals surface area (Å²) in [7, 11) is 3.11. The quantitative estimate of drug-likeness (QED) is 0.440. The summed E-state index contributed by atoms with van der Waals surface area (Å²) in [5.41, 5.74) is 0. The summed E-state index contributed by atoms with van der Waals surface area (Å²) in [6.07, 6.45) is 1.22. The molecule has 0 aromatic carbocycles. The largest absolute Gasteiger partial charge is 0.354 e. The van der Waals surface area contributed by atoms with Gasteiger partial charge in [-0.05, 0) is 0 Å². The van der Waals surface area contributed by atoms with Crippen LogP contribution in [0.25, 0.3) is 0 Å². The third-order valence-electron chi connectivity index (χ3n) is 0.493. The molecule has 40 valence electrons. The van der Waals surface area contributed by atoms with E-state index in [0.29, 0.717) is 0 Å². The van der Waals surface area contributed by atoms with Crippen LogP contribution in [0.1, 0.15) is 0 Å². The van der Waals surface area contributed by atoms with Crippen LogP contribution in [-0.2, 0) is 4.79 Å². The molecule has 0 aliphatic heterocycles. The summed E-state index contributed by atoms with van der Waals surface area (Å²) in [5.74, 6) is -0.164. The van der Waals surface area contributed by atoms with Crippen molar-refractivity contribution >= 4 is 12.1 Å². The minimum Gasteiger partial charge on any atom is -0.354 e. The Bertz CT molecular complexity index is 87.7. The molecule has 0 heterocycles. The van der Waals surface area contributed by atoms with E-state index in [1.165, 1.54) is 6.21 Å². The Morgan fingerprint density at radius 1 is 1.86 bits per heavy atom. The maximum absolute atomic E-state index is 10.2. The van der Waals surface area contributed by atoms with Crippen LogP contribution in [0.15, 0.2) is 4.99 Å². The Morgan fingerprint density at radius 3 is 2.57 bits per heavy atom. The first-order valence-electron chi connectivity index (χ1n) is 1.95. The van der Waals surface area contributed by atoms with Gasteiger partial charge in [-0.15, -0.1) is 0 Å². The number of aliphatic imine (C=N–C) groups is 1. The summed E-state index contributed by atoms with van der Waals surface area (Å²) >= 11 is 0. The van der Waals surface area contributed by atoms with Crippen molar-refractivity contribution in [2.75, 3.05) is 14.1 Å². The Balaban J connectivity index is 3.37. The number of nitrogens with zero attached hydrogens (tertiary/aromatic N) is 1. The van der Waals surface area contributed by atoms with Crippen LogP contribution >= 0.6 is 0 Å². The fraction of sp³-hybridized carbons (Fsp3) is 0.500. The maximum Gasteiger partial charge on any atom is 0.261 e. The third-order valence-corrected chi connectivity index (χ3v) is 0.493. The monoisotopic (exact) mass is 100 g/mol. The highest BCUT2D eigenvalue weighted by atomic mass is 16.1. The zero-order valence-corrected chi connectivity index (χ0v) is 4.43. The van der Waals surface area contributed by atoms with Crippen molar-refractivity contribution in [2.24, 2.45) is 4.99 Å². The van der Waals surface area contributed by atoms with Gasteiger partial charge in [0.25, 0.3) is 5.91 Å². The second kappa shape index (κ2) is 3.33. The molecule has 1 amide bonds. The molecule has 0 fully saturated rings. The Labute approximate surface area is 42.4 Å². The second-order valence-corrected chi connectivity index (χ2v) is 1.00. The van der Waals surface area contributed by atoms with E-state index >= 15 is 0 Å². The fourth-order valence-corrected chi connectivity index (χ4v) is 0.182. The number of amides is 1. The molecule has 1 N–H and O–H groups in total. The first kappa shape index (κ1) is 6.14. The molecular weight excluding hydrogens is 92.1 g/mol. The number of rotatable bonds is 1. The Hall–Kier alpha value is -0.860. The van der Waals surface area contributed by atoms with Crippen molar-refractivity contribution < 1.29 is 4.79 Å². The van der Waals surface area contributed by atoms with Gasteiger partial charge in [0, 0.05) is 14.1 Å². The molecule has 0 saturated carbocycles.